The van der Waals surface area contributed by atoms with Crippen molar-refractivity contribution >= 4 is 5.91 Å². The Morgan fingerprint density at radius 2 is 2.25 bits per heavy atom. The van der Waals surface area contributed by atoms with Crippen LogP contribution in [0.15, 0.2) is 34.9 Å². The highest BCUT2D eigenvalue weighted by Crippen LogP contribution is 2.16. The van der Waals surface area contributed by atoms with E-state index in [1.54, 1.807) is 0 Å². The van der Waals surface area contributed by atoms with E-state index < -0.39 is 0 Å². The van der Waals surface area contributed by atoms with Gasteiger partial charge in [-0.05, 0) is 24.5 Å². The van der Waals surface area contributed by atoms with Crippen molar-refractivity contribution in [1.29, 1.82) is 0 Å². The topological polar surface area (TPSA) is 67.2 Å². The fraction of sp³-hybridized carbons (Fsp3) is 0.333. The van der Waals surface area contributed by atoms with Crippen molar-refractivity contribution in [2.75, 3.05) is 0 Å². The van der Waals surface area contributed by atoms with Gasteiger partial charge in [0.15, 0.2) is 5.76 Å². The zero-order valence-electron chi connectivity index (χ0n) is 11.3. The van der Waals surface area contributed by atoms with E-state index in [4.69, 9.17) is 4.52 Å². The first-order valence-electron chi connectivity index (χ1n) is 6.72. The Morgan fingerprint density at radius 1 is 1.45 bits per heavy atom. The Labute approximate surface area is 117 Å². The largest absolute Gasteiger partial charge is 0.359 e. The second-order valence-electron chi connectivity index (χ2n) is 5.06. The number of carbonyl (C=O) groups excluding carboxylic acids is 1. The molecule has 1 aromatic carbocycles. The summed E-state index contributed by atoms with van der Waals surface area (Å²) >= 11 is 0. The van der Waals surface area contributed by atoms with Crippen LogP contribution in [-0.2, 0) is 24.3 Å². The minimum atomic E-state index is -0.186. The third-order valence-corrected chi connectivity index (χ3v) is 3.51. The van der Waals surface area contributed by atoms with Crippen LogP contribution >= 0.6 is 0 Å². The summed E-state index contributed by atoms with van der Waals surface area (Å²) in [5.74, 6) is 0.667. The molecule has 2 aromatic rings. The van der Waals surface area contributed by atoms with Crippen LogP contribution in [0, 0.1) is 6.92 Å². The highest BCUT2D eigenvalue weighted by Gasteiger charge is 2.23. The number of nitrogens with one attached hydrogen (secondary N) is 2. The zero-order chi connectivity index (χ0) is 13.9. The van der Waals surface area contributed by atoms with E-state index in [9.17, 15) is 4.79 Å². The van der Waals surface area contributed by atoms with Gasteiger partial charge in [-0.2, -0.15) is 0 Å². The van der Waals surface area contributed by atoms with Crippen molar-refractivity contribution in [3.63, 3.8) is 0 Å². The Bertz CT molecular complexity index is 621. The molecule has 1 amide bonds. The molecule has 1 aliphatic heterocycles. The normalized spacial score (nSPS) is 17.6. The maximum absolute atomic E-state index is 12.2. The van der Waals surface area contributed by atoms with Crippen molar-refractivity contribution in [2.45, 2.75) is 32.5 Å². The molecule has 20 heavy (non-hydrogen) atoms. The fourth-order valence-corrected chi connectivity index (χ4v) is 2.44. The zero-order valence-corrected chi connectivity index (χ0v) is 11.3. The van der Waals surface area contributed by atoms with E-state index in [2.05, 4.69) is 27.9 Å². The third-order valence-electron chi connectivity index (χ3n) is 3.51. The van der Waals surface area contributed by atoms with Crippen LogP contribution in [0.5, 0.6) is 0 Å². The molecule has 104 valence electrons. The molecule has 2 N–H and O–H groups in total. The van der Waals surface area contributed by atoms with Crippen LogP contribution in [0.4, 0.5) is 0 Å². The summed E-state index contributed by atoms with van der Waals surface area (Å²) in [6.45, 7) is 2.96. The van der Waals surface area contributed by atoms with Crippen LogP contribution < -0.4 is 10.6 Å². The van der Waals surface area contributed by atoms with Crippen LogP contribution in [0.1, 0.15) is 22.6 Å². The van der Waals surface area contributed by atoms with Crippen molar-refractivity contribution in [1.82, 2.24) is 15.8 Å². The van der Waals surface area contributed by atoms with Crippen LogP contribution in [-0.4, -0.2) is 17.1 Å². The second-order valence-corrected chi connectivity index (χ2v) is 5.06. The summed E-state index contributed by atoms with van der Waals surface area (Å²) in [4.78, 5) is 12.2. The molecule has 5 heteroatoms. The molecule has 1 unspecified atom stereocenters. The first kappa shape index (κ1) is 12.9. The van der Waals surface area contributed by atoms with E-state index in [-0.39, 0.29) is 11.9 Å². The maximum Gasteiger partial charge on any atom is 0.237 e. The summed E-state index contributed by atoms with van der Waals surface area (Å²) in [6.07, 6.45) is 0.720. The summed E-state index contributed by atoms with van der Waals surface area (Å²) < 4.78 is 5.07. The number of nitrogens with zero attached hydrogens (tertiary/aromatic N) is 1. The predicted molar refractivity (Wildman–Crippen MR) is 73.9 cm³/mol. The number of benzene rings is 1. The molecule has 0 radical (unpaired) electrons. The Hall–Kier alpha value is -2.14. The SMILES string of the molecule is Cc1cc(CNC(=O)C2Cc3ccccc3CN2)on1. The van der Waals surface area contributed by atoms with Gasteiger partial charge in [-0.25, -0.2) is 0 Å². The molecule has 0 aliphatic carbocycles. The average Bonchev–Trinajstić information content (AvgIpc) is 2.90. The Balaban J connectivity index is 1.59. The molecule has 1 aliphatic rings. The summed E-state index contributed by atoms with van der Waals surface area (Å²) in [7, 11) is 0. The van der Waals surface area contributed by atoms with Gasteiger partial charge in [-0.3, -0.25) is 4.79 Å². The van der Waals surface area contributed by atoms with Crippen LogP contribution in [0.2, 0.25) is 0 Å². The molecule has 0 fully saturated rings. The lowest BCUT2D eigenvalue weighted by Crippen LogP contribution is -2.47. The smallest absolute Gasteiger partial charge is 0.237 e. The Kier molecular flexibility index (Phi) is 3.52. The van der Waals surface area contributed by atoms with Crippen LogP contribution in [0.3, 0.4) is 0 Å². The molecule has 1 atom stereocenters. The predicted octanol–water partition coefficient (Wildman–Crippen LogP) is 1.31. The van der Waals surface area contributed by atoms with E-state index in [1.807, 2.05) is 25.1 Å². The molecular weight excluding hydrogens is 254 g/mol. The number of hydrogen-bond acceptors (Lipinski definition) is 4. The summed E-state index contributed by atoms with van der Waals surface area (Å²) in [6, 6.07) is 9.84. The molecule has 1 aromatic heterocycles. The van der Waals surface area contributed by atoms with Gasteiger partial charge in [0.05, 0.1) is 18.3 Å². The molecule has 3 rings (SSSR count). The van der Waals surface area contributed by atoms with E-state index >= 15 is 0 Å². The standard InChI is InChI=1S/C15H17N3O2/c1-10-6-13(20-18-10)9-17-15(19)14-7-11-4-2-3-5-12(11)8-16-14/h2-6,14,16H,7-9H2,1H3,(H,17,19). The highest BCUT2D eigenvalue weighted by molar-refractivity contribution is 5.82. The summed E-state index contributed by atoms with van der Waals surface area (Å²) in [5.41, 5.74) is 3.32. The molecule has 0 spiro atoms. The quantitative estimate of drug-likeness (QED) is 0.883. The van der Waals surface area contributed by atoms with Crippen molar-refractivity contribution in [3.8, 4) is 0 Å². The first-order chi connectivity index (χ1) is 9.72. The minimum Gasteiger partial charge on any atom is -0.359 e. The lowest BCUT2D eigenvalue weighted by molar-refractivity contribution is -0.123. The monoisotopic (exact) mass is 271 g/mol. The van der Waals surface area contributed by atoms with E-state index in [0.717, 1.165) is 18.7 Å². The van der Waals surface area contributed by atoms with Crippen molar-refractivity contribution < 1.29 is 9.32 Å². The number of hydrogen-bond donors (Lipinski definition) is 2. The van der Waals surface area contributed by atoms with Gasteiger partial charge in [0, 0.05) is 12.6 Å². The van der Waals surface area contributed by atoms with E-state index in [0.29, 0.717) is 12.3 Å². The van der Waals surface area contributed by atoms with Gasteiger partial charge in [-0.1, -0.05) is 29.4 Å². The number of rotatable bonds is 3. The van der Waals surface area contributed by atoms with E-state index in [1.165, 1.54) is 11.1 Å². The van der Waals surface area contributed by atoms with Gasteiger partial charge >= 0.3 is 0 Å². The highest BCUT2D eigenvalue weighted by atomic mass is 16.5. The lowest BCUT2D eigenvalue weighted by atomic mass is 9.95. The second kappa shape index (κ2) is 5.46. The van der Waals surface area contributed by atoms with Crippen molar-refractivity contribution in [2.24, 2.45) is 0 Å². The van der Waals surface area contributed by atoms with Crippen LogP contribution in [0.25, 0.3) is 0 Å². The number of aromatic nitrogens is 1. The van der Waals surface area contributed by atoms with Gasteiger partial charge in [0.1, 0.15) is 0 Å². The molecular formula is C15H17N3O2. The molecule has 2 heterocycles. The molecule has 0 saturated heterocycles. The maximum atomic E-state index is 12.2. The molecule has 0 saturated carbocycles. The lowest BCUT2D eigenvalue weighted by Gasteiger charge is -2.25. The number of amides is 1. The minimum absolute atomic E-state index is 0.00597. The Morgan fingerprint density at radius 3 is 3.00 bits per heavy atom. The average molecular weight is 271 g/mol. The third kappa shape index (κ3) is 2.72. The van der Waals surface area contributed by atoms with Gasteiger partial charge in [0.2, 0.25) is 5.91 Å². The fourth-order valence-electron chi connectivity index (χ4n) is 2.44. The summed E-state index contributed by atoms with van der Waals surface area (Å²) in [5, 5.41) is 9.93. The number of fused-ring (bicyclic) bond motifs is 1. The van der Waals surface area contributed by atoms with Gasteiger partial charge in [-0.15, -0.1) is 0 Å². The number of aryl methyl sites for hydroxylation is 1. The van der Waals surface area contributed by atoms with Gasteiger partial charge < -0.3 is 15.2 Å². The molecule has 0 bridgehead atoms. The van der Waals surface area contributed by atoms with Crippen molar-refractivity contribution in [3.05, 3.63) is 52.9 Å². The molecule has 5 nitrogen and oxygen atoms in total. The number of carbonyl (C=O) groups is 1. The first-order valence-corrected chi connectivity index (χ1v) is 6.72. The van der Waals surface area contributed by atoms with Gasteiger partial charge in [0.25, 0.3) is 0 Å².